The molecule has 24 heavy (non-hydrogen) atoms. The second-order valence-corrected chi connectivity index (χ2v) is 5.96. The van der Waals surface area contributed by atoms with Crippen LogP contribution in [0.4, 0.5) is 5.88 Å². The van der Waals surface area contributed by atoms with Crippen molar-refractivity contribution >= 4 is 11.8 Å². The highest BCUT2D eigenvalue weighted by atomic mass is 16.4. The van der Waals surface area contributed by atoms with E-state index in [1.165, 1.54) is 12.4 Å². The molecule has 2 aromatic heterocycles. The average Bonchev–Trinajstić information content (AvgIpc) is 3.41. The minimum Gasteiger partial charge on any atom is -0.423 e. The van der Waals surface area contributed by atoms with E-state index in [1.807, 2.05) is 4.90 Å². The summed E-state index contributed by atoms with van der Waals surface area (Å²) in [4.78, 5) is 28.4. The molecule has 4 rings (SSSR count). The van der Waals surface area contributed by atoms with E-state index in [1.54, 1.807) is 11.1 Å². The molecule has 2 aliphatic rings. The fourth-order valence-corrected chi connectivity index (χ4v) is 2.80. The van der Waals surface area contributed by atoms with Crippen molar-refractivity contribution < 1.29 is 9.21 Å². The van der Waals surface area contributed by atoms with E-state index >= 15 is 0 Å². The number of hydrogen-bond donors (Lipinski definition) is 0. The molecule has 1 aliphatic heterocycles. The lowest BCUT2D eigenvalue weighted by Crippen LogP contribution is -2.49. The Balaban J connectivity index is 1.45. The van der Waals surface area contributed by atoms with Crippen LogP contribution in [0.5, 0.6) is 0 Å². The van der Waals surface area contributed by atoms with Crippen LogP contribution in [0.15, 0.2) is 23.0 Å². The number of carbonyl (C=O) groups is 1. The Hall–Kier alpha value is -2.95. The molecule has 122 valence electrons. The predicted octanol–water partition coefficient (Wildman–Crippen LogP) is 1.18. The van der Waals surface area contributed by atoms with Gasteiger partial charge in [0.1, 0.15) is 11.8 Å². The largest absolute Gasteiger partial charge is 0.423 e. The van der Waals surface area contributed by atoms with Gasteiger partial charge in [0.25, 0.3) is 5.91 Å². The number of nitriles is 1. The molecule has 0 radical (unpaired) electrons. The number of aromatic nitrogens is 3. The Labute approximate surface area is 138 Å². The van der Waals surface area contributed by atoms with E-state index in [0.717, 1.165) is 12.8 Å². The maximum atomic E-state index is 12.4. The highest BCUT2D eigenvalue weighted by Crippen LogP contribution is 2.41. The number of carbonyl (C=O) groups excluding carboxylic acids is 1. The van der Waals surface area contributed by atoms with E-state index in [4.69, 9.17) is 4.42 Å². The molecule has 2 fully saturated rings. The first-order chi connectivity index (χ1) is 11.8. The van der Waals surface area contributed by atoms with Gasteiger partial charge in [0.05, 0.1) is 6.20 Å². The molecule has 1 saturated heterocycles. The van der Waals surface area contributed by atoms with Crippen LogP contribution in [0, 0.1) is 11.3 Å². The maximum absolute atomic E-state index is 12.4. The van der Waals surface area contributed by atoms with Crippen LogP contribution in [-0.4, -0.2) is 51.9 Å². The Bertz CT molecular complexity index is 785. The lowest BCUT2D eigenvalue weighted by molar-refractivity contribution is 0.0739. The molecule has 0 N–H and O–H groups in total. The van der Waals surface area contributed by atoms with E-state index in [2.05, 4.69) is 21.0 Å². The molecule has 2 aromatic rings. The van der Waals surface area contributed by atoms with Gasteiger partial charge in [-0.2, -0.15) is 5.26 Å². The molecule has 0 bridgehead atoms. The minimum absolute atomic E-state index is 0.125. The SMILES string of the molecule is N#Cc1nc(C2CC2)oc1N1CCN(C(=O)c2cnccn2)CC1. The molecular weight excluding hydrogens is 308 g/mol. The number of nitrogens with zero attached hydrogens (tertiary/aromatic N) is 6. The Morgan fingerprint density at radius 2 is 2.04 bits per heavy atom. The molecule has 3 heterocycles. The Kier molecular flexibility index (Phi) is 3.61. The summed E-state index contributed by atoms with van der Waals surface area (Å²) >= 11 is 0. The van der Waals surface area contributed by atoms with Crippen LogP contribution in [0.1, 0.15) is 40.8 Å². The second kappa shape index (κ2) is 5.92. The smallest absolute Gasteiger partial charge is 0.274 e. The van der Waals surface area contributed by atoms with Gasteiger partial charge in [-0.05, 0) is 12.8 Å². The monoisotopic (exact) mass is 324 g/mol. The Morgan fingerprint density at radius 1 is 1.25 bits per heavy atom. The number of anilines is 1. The lowest BCUT2D eigenvalue weighted by atomic mass is 10.2. The van der Waals surface area contributed by atoms with Gasteiger partial charge in [-0.15, -0.1) is 0 Å². The lowest BCUT2D eigenvalue weighted by Gasteiger charge is -2.34. The number of hydrogen-bond acceptors (Lipinski definition) is 7. The van der Waals surface area contributed by atoms with Gasteiger partial charge in [-0.3, -0.25) is 9.78 Å². The zero-order chi connectivity index (χ0) is 16.5. The molecule has 1 amide bonds. The fraction of sp³-hybridized carbons (Fsp3) is 0.438. The van der Waals surface area contributed by atoms with Crippen molar-refractivity contribution in [1.82, 2.24) is 19.9 Å². The molecule has 0 spiro atoms. The fourth-order valence-electron chi connectivity index (χ4n) is 2.80. The molecule has 0 aromatic carbocycles. The van der Waals surface area contributed by atoms with Gasteiger partial charge in [0.15, 0.2) is 0 Å². The molecule has 1 aliphatic carbocycles. The zero-order valence-corrected chi connectivity index (χ0v) is 13.1. The summed E-state index contributed by atoms with van der Waals surface area (Å²) in [5.41, 5.74) is 0.685. The van der Waals surface area contributed by atoms with Crippen LogP contribution in [-0.2, 0) is 0 Å². The number of oxazole rings is 1. The van der Waals surface area contributed by atoms with E-state index in [0.29, 0.717) is 55.3 Å². The molecular formula is C16H16N6O2. The second-order valence-electron chi connectivity index (χ2n) is 5.96. The number of piperazine rings is 1. The summed E-state index contributed by atoms with van der Waals surface area (Å²) < 4.78 is 5.82. The van der Waals surface area contributed by atoms with Crippen molar-refractivity contribution in [2.75, 3.05) is 31.1 Å². The summed E-state index contributed by atoms with van der Waals surface area (Å²) in [6, 6.07) is 2.11. The molecule has 0 atom stereocenters. The summed E-state index contributed by atoms with van der Waals surface area (Å²) in [5.74, 6) is 1.44. The van der Waals surface area contributed by atoms with E-state index in [9.17, 15) is 10.1 Å². The van der Waals surface area contributed by atoms with Crippen molar-refractivity contribution in [3.05, 3.63) is 35.9 Å². The number of rotatable bonds is 3. The average molecular weight is 324 g/mol. The topological polar surface area (TPSA) is 99.2 Å². The molecule has 8 nitrogen and oxygen atoms in total. The van der Waals surface area contributed by atoms with Gasteiger partial charge in [0, 0.05) is 44.5 Å². The van der Waals surface area contributed by atoms with Crippen LogP contribution in [0.2, 0.25) is 0 Å². The van der Waals surface area contributed by atoms with Gasteiger partial charge in [0.2, 0.25) is 17.5 Å². The standard InChI is InChI=1S/C16H16N6O2/c17-9-12-16(24-14(20-12)11-1-2-11)22-7-5-21(6-8-22)15(23)13-10-18-3-4-19-13/h3-4,10-11H,1-2,5-8H2. The van der Waals surface area contributed by atoms with Gasteiger partial charge < -0.3 is 14.2 Å². The third-order valence-corrected chi connectivity index (χ3v) is 4.29. The van der Waals surface area contributed by atoms with Crippen molar-refractivity contribution in [2.45, 2.75) is 18.8 Å². The van der Waals surface area contributed by atoms with E-state index in [-0.39, 0.29) is 5.91 Å². The van der Waals surface area contributed by atoms with Crippen LogP contribution < -0.4 is 4.90 Å². The normalized spacial score (nSPS) is 17.6. The Morgan fingerprint density at radius 3 is 2.67 bits per heavy atom. The van der Waals surface area contributed by atoms with Crippen molar-refractivity contribution in [1.29, 1.82) is 5.26 Å². The van der Waals surface area contributed by atoms with Crippen molar-refractivity contribution in [3.63, 3.8) is 0 Å². The highest BCUT2D eigenvalue weighted by Gasteiger charge is 2.33. The summed E-state index contributed by atoms with van der Waals surface area (Å²) in [6.45, 7) is 2.28. The minimum atomic E-state index is -0.125. The highest BCUT2D eigenvalue weighted by molar-refractivity contribution is 5.92. The quantitative estimate of drug-likeness (QED) is 0.835. The van der Waals surface area contributed by atoms with Gasteiger partial charge in [-0.25, -0.2) is 9.97 Å². The predicted molar refractivity (Wildman–Crippen MR) is 83.3 cm³/mol. The molecule has 0 unspecified atom stereocenters. The van der Waals surface area contributed by atoms with Crippen molar-refractivity contribution in [2.24, 2.45) is 0 Å². The maximum Gasteiger partial charge on any atom is 0.274 e. The number of amides is 1. The van der Waals surface area contributed by atoms with Crippen LogP contribution in [0.25, 0.3) is 0 Å². The first-order valence-corrected chi connectivity index (χ1v) is 7.97. The third-order valence-electron chi connectivity index (χ3n) is 4.29. The van der Waals surface area contributed by atoms with Crippen LogP contribution >= 0.6 is 0 Å². The van der Waals surface area contributed by atoms with Gasteiger partial charge in [-0.1, -0.05) is 0 Å². The molecule has 1 saturated carbocycles. The summed E-state index contributed by atoms with van der Waals surface area (Å²) in [6.07, 6.45) is 6.67. The van der Waals surface area contributed by atoms with Crippen LogP contribution in [0.3, 0.4) is 0 Å². The summed E-state index contributed by atoms with van der Waals surface area (Å²) in [5, 5.41) is 9.27. The van der Waals surface area contributed by atoms with Gasteiger partial charge >= 0.3 is 0 Å². The van der Waals surface area contributed by atoms with Crippen molar-refractivity contribution in [3.8, 4) is 6.07 Å². The molecule has 8 heteroatoms. The first-order valence-electron chi connectivity index (χ1n) is 7.97. The third kappa shape index (κ3) is 2.69. The zero-order valence-electron chi connectivity index (χ0n) is 13.1. The van der Waals surface area contributed by atoms with E-state index < -0.39 is 0 Å². The first kappa shape index (κ1) is 14.6. The summed E-state index contributed by atoms with van der Waals surface area (Å²) in [7, 11) is 0.